The van der Waals surface area contributed by atoms with Crippen LogP contribution in [0.4, 0.5) is 0 Å². The Morgan fingerprint density at radius 3 is 2.84 bits per heavy atom. The van der Waals surface area contributed by atoms with Crippen molar-refractivity contribution in [3.8, 4) is 0 Å². The van der Waals surface area contributed by atoms with Crippen molar-refractivity contribution in [1.82, 2.24) is 10.6 Å². The topological polar surface area (TPSA) is 50.4 Å². The minimum Gasteiger partial charge on any atom is -0.385 e. The fourth-order valence-electron chi connectivity index (χ4n) is 1.69. The molecule has 0 spiro atoms. The highest BCUT2D eigenvalue weighted by atomic mass is 35.5. The lowest BCUT2D eigenvalue weighted by Crippen LogP contribution is -2.35. The predicted molar refractivity (Wildman–Crippen MR) is 77.4 cm³/mol. The number of hydrogen-bond donors (Lipinski definition) is 2. The summed E-state index contributed by atoms with van der Waals surface area (Å²) < 4.78 is 4.91. The van der Waals surface area contributed by atoms with Gasteiger partial charge in [-0.1, -0.05) is 29.8 Å². The highest BCUT2D eigenvalue weighted by Gasteiger charge is 2.09. The number of amides is 1. The zero-order valence-corrected chi connectivity index (χ0v) is 12.2. The smallest absolute Gasteiger partial charge is 0.233 e. The van der Waals surface area contributed by atoms with Crippen LogP contribution in [0.3, 0.4) is 0 Å². The van der Waals surface area contributed by atoms with E-state index < -0.39 is 0 Å². The summed E-state index contributed by atoms with van der Waals surface area (Å²) in [5, 5.41) is 6.69. The zero-order valence-electron chi connectivity index (χ0n) is 11.4. The Labute approximate surface area is 119 Å². The third-order valence-electron chi connectivity index (χ3n) is 2.79. The molecule has 0 fully saturated rings. The molecule has 0 bridgehead atoms. The largest absolute Gasteiger partial charge is 0.385 e. The van der Waals surface area contributed by atoms with Crippen molar-refractivity contribution in [3.63, 3.8) is 0 Å². The molecule has 1 aromatic rings. The molecule has 106 valence electrons. The SMILES string of the molecule is COCCCNC(=O)CN[C@@H](C)c1ccccc1Cl. The Morgan fingerprint density at radius 1 is 1.42 bits per heavy atom. The Hall–Kier alpha value is -1.10. The second kappa shape index (κ2) is 8.91. The molecule has 0 saturated heterocycles. The number of halogens is 1. The van der Waals surface area contributed by atoms with Crippen LogP contribution in [0.15, 0.2) is 24.3 Å². The molecule has 4 nitrogen and oxygen atoms in total. The Balaban J connectivity index is 2.28. The number of ether oxygens (including phenoxy) is 1. The first-order chi connectivity index (χ1) is 9.15. The second-order valence-electron chi connectivity index (χ2n) is 4.32. The van der Waals surface area contributed by atoms with E-state index in [2.05, 4.69) is 10.6 Å². The minimum absolute atomic E-state index is 0.0185. The van der Waals surface area contributed by atoms with Crippen LogP contribution in [-0.4, -0.2) is 32.7 Å². The molecule has 0 heterocycles. The maximum Gasteiger partial charge on any atom is 0.233 e. The van der Waals surface area contributed by atoms with E-state index in [0.717, 1.165) is 12.0 Å². The normalized spacial score (nSPS) is 12.2. The molecule has 1 aromatic carbocycles. The Bertz CT molecular complexity index is 399. The molecular weight excluding hydrogens is 264 g/mol. The van der Waals surface area contributed by atoms with E-state index in [1.807, 2.05) is 31.2 Å². The minimum atomic E-state index is -0.0185. The fraction of sp³-hybridized carbons (Fsp3) is 0.500. The fourth-order valence-corrected chi connectivity index (χ4v) is 1.99. The summed E-state index contributed by atoms with van der Waals surface area (Å²) in [7, 11) is 1.65. The summed E-state index contributed by atoms with van der Waals surface area (Å²) in [4.78, 5) is 11.6. The lowest BCUT2D eigenvalue weighted by Gasteiger charge is -2.15. The molecule has 1 amide bonds. The van der Waals surface area contributed by atoms with Crippen LogP contribution in [0.2, 0.25) is 5.02 Å². The van der Waals surface area contributed by atoms with Gasteiger partial charge in [0, 0.05) is 31.3 Å². The summed E-state index contributed by atoms with van der Waals surface area (Å²) in [6.07, 6.45) is 0.822. The standard InChI is InChI=1S/C14H21ClN2O2/c1-11(12-6-3-4-7-13(12)15)17-10-14(18)16-8-5-9-19-2/h3-4,6-7,11,17H,5,8-10H2,1-2H3,(H,16,18)/t11-/m0/s1. The average molecular weight is 285 g/mol. The van der Waals surface area contributed by atoms with Crippen molar-refractivity contribution in [2.24, 2.45) is 0 Å². The Kier molecular flexibility index (Phi) is 7.48. The molecule has 0 aromatic heterocycles. The first-order valence-corrected chi connectivity index (χ1v) is 6.76. The second-order valence-corrected chi connectivity index (χ2v) is 4.73. The van der Waals surface area contributed by atoms with Crippen molar-refractivity contribution in [3.05, 3.63) is 34.9 Å². The molecular formula is C14H21ClN2O2. The van der Waals surface area contributed by atoms with Crippen molar-refractivity contribution in [1.29, 1.82) is 0 Å². The van der Waals surface area contributed by atoms with Gasteiger partial charge < -0.3 is 15.4 Å². The molecule has 2 N–H and O–H groups in total. The van der Waals surface area contributed by atoms with Gasteiger partial charge in [-0.25, -0.2) is 0 Å². The van der Waals surface area contributed by atoms with Gasteiger partial charge in [0.25, 0.3) is 0 Å². The Morgan fingerprint density at radius 2 is 2.16 bits per heavy atom. The van der Waals surface area contributed by atoms with Gasteiger partial charge in [-0.15, -0.1) is 0 Å². The lowest BCUT2D eigenvalue weighted by molar-refractivity contribution is -0.120. The zero-order chi connectivity index (χ0) is 14.1. The number of rotatable bonds is 8. The number of methoxy groups -OCH3 is 1. The highest BCUT2D eigenvalue weighted by Crippen LogP contribution is 2.21. The first-order valence-electron chi connectivity index (χ1n) is 6.38. The van der Waals surface area contributed by atoms with E-state index >= 15 is 0 Å². The molecule has 0 aliphatic rings. The van der Waals surface area contributed by atoms with Gasteiger partial charge in [0.15, 0.2) is 0 Å². The van der Waals surface area contributed by atoms with Crippen molar-refractivity contribution in [2.45, 2.75) is 19.4 Å². The quantitative estimate of drug-likeness (QED) is 0.719. The monoisotopic (exact) mass is 284 g/mol. The van der Waals surface area contributed by atoms with E-state index in [1.165, 1.54) is 0 Å². The summed E-state index contributed by atoms with van der Waals surface area (Å²) in [5.74, 6) is -0.0185. The van der Waals surface area contributed by atoms with Gasteiger partial charge in [-0.2, -0.15) is 0 Å². The van der Waals surface area contributed by atoms with Crippen molar-refractivity contribution in [2.75, 3.05) is 26.8 Å². The molecule has 0 unspecified atom stereocenters. The molecule has 19 heavy (non-hydrogen) atoms. The van der Waals surface area contributed by atoms with Gasteiger partial charge in [0.05, 0.1) is 6.54 Å². The van der Waals surface area contributed by atoms with Gasteiger partial charge in [0.1, 0.15) is 0 Å². The highest BCUT2D eigenvalue weighted by molar-refractivity contribution is 6.31. The van der Waals surface area contributed by atoms with E-state index in [9.17, 15) is 4.79 Å². The molecule has 0 radical (unpaired) electrons. The molecule has 0 aliphatic carbocycles. The number of carbonyl (C=O) groups excluding carboxylic acids is 1. The van der Waals surface area contributed by atoms with E-state index in [4.69, 9.17) is 16.3 Å². The molecule has 0 aliphatic heterocycles. The third kappa shape index (κ3) is 6.05. The van der Waals surface area contributed by atoms with Crippen LogP contribution >= 0.6 is 11.6 Å². The van der Waals surface area contributed by atoms with Gasteiger partial charge >= 0.3 is 0 Å². The molecule has 0 saturated carbocycles. The van der Waals surface area contributed by atoms with Crippen LogP contribution in [0, 0.1) is 0 Å². The molecule has 1 rings (SSSR count). The van der Waals surface area contributed by atoms with Crippen LogP contribution in [0.1, 0.15) is 24.9 Å². The number of carbonyl (C=O) groups is 1. The maximum absolute atomic E-state index is 11.6. The van der Waals surface area contributed by atoms with E-state index in [-0.39, 0.29) is 18.5 Å². The first kappa shape index (κ1) is 16.0. The average Bonchev–Trinajstić information content (AvgIpc) is 2.41. The molecule has 1 atom stereocenters. The maximum atomic E-state index is 11.6. The lowest BCUT2D eigenvalue weighted by atomic mass is 10.1. The summed E-state index contributed by atoms with van der Waals surface area (Å²) in [5.41, 5.74) is 0.997. The van der Waals surface area contributed by atoms with Gasteiger partial charge in [0.2, 0.25) is 5.91 Å². The van der Waals surface area contributed by atoms with Gasteiger partial charge in [-0.3, -0.25) is 4.79 Å². The number of hydrogen-bond acceptors (Lipinski definition) is 3. The number of benzene rings is 1. The van der Waals surface area contributed by atoms with Crippen molar-refractivity contribution < 1.29 is 9.53 Å². The van der Waals surface area contributed by atoms with Crippen LogP contribution in [-0.2, 0) is 9.53 Å². The van der Waals surface area contributed by atoms with Crippen LogP contribution in [0.25, 0.3) is 0 Å². The summed E-state index contributed by atoms with van der Waals surface area (Å²) in [6.45, 7) is 3.55. The van der Waals surface area contributed by atoms with Crippen molar-refractivity contribution >= 4 is 17.5 Å². The van der Waals surface area contributed by atoms with E-state index in [1.54, 1.807) is 7.11 Å². The van der Waals surface area contributed by atoms with Gasteiger partial charge in [-0.05, 0) is 25.0 Å². The van der Waals surface area contributed by atoms with Crippen LogP contribution in [0.5, 0.6) is 0 Å². The number of nitrogens with one attached hydrogen (secondary N) is 2. The molecule has 5 heteroatoms. The van der Waals surface area contributed by atoms with E-state index in [0.29, 0.717) is 18.2 Å². The predicted octanol–water partition coefficient (Wildman–Crippen LogP) is 2.14. The summed E-state index contributed by atoms with van der Waals surface area (Å²) in [6, 6.07) is 7.67. The summed E-state index contributed by atoms with van der Waals surface area (Å²) >= 11 is 6.10. The van der Waals surface area contributed by atoms with Crippen LogP contribution < -0.4 is 10.6 Å². The third-order valence-corrected chi connectivity index (χ3v) is 3.13.